The number of carbonyl (C=O) groups is 4. The molecular weight excluding hydrogens is 562 g/mol. The van der Waals surface area contributed by atoms with Gasteiger partial charge in [0.1, 0.15) is 26.8 Å². The van der Waals surface area contributed by atoms with E-state index in [1.807, 2.05) is 12.1 Å². The minimum Gasteiger partial charge on any atom is -0.454 e. The van der Waals surface area contributed by atoms with Crippen molar-refractivity contribution >= 4 is 66.7 Å². The Hall–Kier alpha value is -3.37. The second kappa shape index (κ2) is 11.5. The number of aromatic nitrogens is 1. The molecule has 10 heteroatoms. The molecule has 2 aliphatic carbocycles. The van der Waals surface area contributed by atoms with Gasteiger partial charge in [0, 0.05) is 17.2 Å². The molecule has 0 saturated heterocycles. The van der Waals surface area contributed by atoms with E-state index in [-0.39, 0.29) is 47.2 Å². The molecule has 2 saturated carbocycles. The number of ketones is 2. The normalized spacial score (nSPS) is 23.0. The molecule has 2 fully saturated rings. The summed E-state index contributed by atoms with van der Waals surface area (Å²) >= 11 is 2.85. The Morgan fingerprint density at radius 3 is 1.85 bits per heavy atom. The highest BCUT2D eigenvalue weighted by Gasteiger charge is 2.32. The molecule has 4 aromatic rings. The van der Waals surface area contributed by atoms with Gasteiger partial charge in [-0.3, -0.25) is 19.2 Å². The summed E-state index contributed by atoms with van der Waals surface area (Å²) in [5.74, 6) is -0.0956. The highest BCUT2D eigenvalue weighted by molar-refractivity contribution is 7.28. The van der Waals surface area contributed by atoms with Gasteiger partial charge in [-0.2, -0.15) is 0 Å². The third kappa shape index (κ3) is 5.72. The summed E-state index contributed by atoms with van der Waals surface area (Å²) in [7, 11) is 0. The Bertz CT molecular complexity index is 1520. The first-order chi connectivity index (χ1) is 19.8. The van der Waals surface area contributed by atoms with E-state index in [0.717, 1.165) is 15.2 Å². The number of benzene rings is 1. The summed E-state index contributed by atoms with van der Waals surface area (Å²) in [6, 6.07) is 7.20. The number of thiazole rings is 1. The largest absolute Gasteiger partial charge is 0.454 e. The number of ether oxygens (including phenoxy) is 2. The fraction of sp³-hybridized carbons (Fsp3) is 0.452. The van der Waals surface area contributed by atoms with Crippen LogP contribution in [-0.2, 0) is 19.2 Å². The lowest BCUT2D eigenvalue weighted by atomic mass is 9.80. The standard InChI is InChI=1S/C31H31NO7S2/c1-16(33)18-3-7-20(8-4-18)29(35)38-23-11-12-24(39-30(36)21-9-5-19(6-10-21)17(2)34)27-26(23)32-28(41-27)25-15-22-13-14-37-31(22)40-25/h11-15,18-21H,3-10H2,1-2H3. The zero-order valence-corrected chi connectivity index (χ0v) is 24.6. The fourth-order valence-corrected chi connectivity index (χ4v) is 8.01. The van der Waals surface area contributed by atoms with Crippen LogP contribution in [0, 0.1) is 23.7 Å². The van der Waals surface area contributed by atoms with E-state index in [1.54, 1.807) is 32.2 Å². The monoisotopic (exact) mass is 593 g/mol. The third-order valence-corrected chi connectivity index (χ3v) is 10.8. The number of rotatable bonds is 7. The minimum atomic E-state index is -0.330. The molecule has 6 rings (SSSR count). The number of hydrogen-bond donors (Lipinski definition) is 0. The van der Waals surface area contributed by atoms with E-state index in [1.165, 1.54) is 22.7 Å². The van der Waals surface area contributed by atoms with Crippen LogP contribution in [0.15, 0.2) is 34.9 Å². The predicted octanol–water partition coefficient (Wildman–Crippen LogP) is 7.37. The molecule has 3 heterocycles. The van der Waals surface area contributed by atoms with Gasteiger partial charge in [-0.05, 0) is 89.5 Å². The Labute approximate surface area is 245 Å². The zero-order valence-electron chi connectivity index (χ0n) is 23.0. The molecule has 41 heavy (non-hydrogen) atoms. The average Bonchev–Trinajstić information content (AvgIpc) is 3.70. The highest BCUT2D eigenvalue weighted by Crippen LogP contribution is 2.44. The molecule has 0 bridgehead atoms. The van der Waals surface area contributed by atoms with Crippen molar-refractivity contribution in [2.45, 2.75) is 65.2 Å². The molecule has 0 atom stereocenters. The second-order valence-electron chi connectivity index (χ2n) is 11.2. The van der Waals surface area contributed by atoms with Crippen LogP contribution < -0.4 is 9.47 Å². The van der Waals surface area contributed by atoms with Crippen LogP contribution in [0.3, 0.4) is 0 Å². The van der Waals surface area contributed by atoms with Crippen LogP contribution in [0.2, 0.25) is 0 Å². The molecule has 0 N–H and O–H groups in total. The molecule has 3 aromatic heterocycles. The number of esters is 2. The highest BCUT2D eigenvalue weighted by atomic mass is 32.1. The van der Waals surface area contributed by atoms with Gasteiger partial charge in [0.2, 0.25) is 0 Å². The Kier molecular flexibility index (Phi) is 7.78. The summed E-state index contributed by atoms with van der Waals surface area (Å²) in [4.78, 5) is 56.3. The van der Waals surface area contributed by atoms with Gasteiger partial charge in [-0.1, -0.05) is 11.3 Å². The van der Waals surface area contributed by atoms with Crippen molar-refractivity contribution in [2.24, 2.45) is 23.7 Å². The molecule has 8 nitrogen and oxygen atoms in total. The lowest BCUT2D eigenvalue weighted by molar-refractivity contribution is -0.141. The third-order valence-electron chi connectivity index (χ3n) is 8.52. The van der Waals surface area contributed by atoms with Crippen LogP contribution in [0.4, 0.5) is 0 Å². The van der Waals surface area contributed by atoms with Crippen LogP contribution in [0.1, 0.15) is 65.2 Å². The molecule has 0 radical (unpaired) electrons. The van der Waals surface area contributed by atoms with Gasteiger partial charge in [0.15, 0.2) is 16.4 Å². The van der Waals surface area contributed by atoms with Crippen LogP contribution in [0.5, 0.6) is 11.5 Å². The van der Waals surface area contributed by atoms with Gasteiger partial charge in [-0.25, -0.2) is 4.98 Å². The van der Waals surface area contributed by atoms with Crippen molar-refractivity contribution in [3.05, 3.63) is 30.5 Å². The fourth-order valence-electron chi connectivity index (χ4n) is 5.95. The van der Waals surface area contributed by atoms with E-state index in [9.17, 15) is 19.2 Å². The first kappa shape index (κ1) is 27.8. The lowest BCUT2D eigenvalue weighted by Gasteiger charge is -2.25. The quantitative estimate of drug-likeness (QED) is 0.161. The van der Waals surface area contributed by atoms with Crippen LogP contribution >= 0.6 is 22.7 Å². The maximum atomic E-state index is 13.1. The van der Waals surface area contributed by atoms with Gasteiger partial charge < -0.3 is 13.9 Å². The maximum Gasteiger partial charge on any atom is 0.314 e. The van der Waals surface area contributed by atoms with E-state index in [2.05, 4.69) is 0 Å². The van der Waals surface area contributed by atoms with Gasteiger partial charge in [0.05, 0.1) is 23.0 Å². The Balaban J connectivity index is 1.27. The van der Waals surface area contributed by atoms with Gasteiger partial charge in [-0.15, -0.1) is 11.3 Å². The lowest BCUT2D eigenvalue weighted by Crippen LogP contribution is -2.28. The number of thiophene rings is 1. The molecular formula is C31H31NO7S2. The summed E-state index contributed by atoms with van der Waals surface area (Å²) in [6.45, 7) is 3.22. The van der Waals surface area contributed by atoms with Crippen molar-refractivity contribution in [3.63, 3.8) is 0 Å². The van der Waals surface area contributed by atoms with Crippen molar-refractivity contribution in [1.82, 2.24) is 4.98 Å². The Morgan fingerprint density at radius 2 is 1.29 bits per heavy atom. The molecule has 0 amide bonds. The SMILES string of the molecule is CC(=O)C1CCC(C(=O)Oc2ccc(OC(=O)C3CCC(C(C)=O)CC3)c3sc(-c4cc5ccoc5s4)nc23)CC1. The van der Waals surface area contributed by atoms with E-state index < -0.39 is 0 Å². The number of Topliss-reactive ketones (excluding diaryl/α,β-unsaturated/α-hetero) is 2. The summed E-state index contributed by atoms with van der Waals surface area (Å²) in [6.07, 6.45) is 6.88. The summed E-state index contributed by atoms with van der Waals surface area (Å²) in [5, 5.41) is 1.69. The van der Waals surface area contributed by atoms with Crippen molar-refractivity contribution < 1.29 is 33.1 Å². The smallest absolute Gasteiger partial charge is 0.314 e. The number of nitrogens with zero attached hydrogens (tertiary/aromatic N) is 1. The molecule has 0 spiro atoms. The summed E-state index contributed by atoms with van der Waals surface area (Å²) in [5.41, 5.74) is 0.464. The average molecular weight is 594 g/mol. The van der Waals surface area contributed by atoms with Gasteiger partial charge >= 0.3 is 11.9 Å². The maximum absolute atomic E-state index is 13.1. The Morgan fingerprint density at radius 1 is 0.756 bits per heavy atom. The van der Waals surface area contributed by atoms with Crippen molar-refractivity contribution in [3.8, 4) is 21.4 Å². The first-order valence-corrected chi connectivity index (χ1v) is 15.8. The van der Waals surface area contributed by atoms with E-state index >= 15 is 0 Å². The molecule has 1 aromatic carbocycles. The zero-order chi connectivity index (χ0) is 28.7. The number of carbonyl (C=O) groups excluding carboxylic acids is 4. The summed E-state index contributed by atoms with van der Waals surface area (Å²) < 4.78 is 18.0. The molecule has 0 aliphatic heterocycles. The predicted molar refractivity (Wildman–Crippen MR) is 156 cm³/mol. The number of fused-ring (bicyclic) bond motifs is 2. The second-order valence-corrected chi connectivity index (χ2v) is 13.2. The van der Waals surface area contributed by atoms with Crippen LogP contribution in [-0.4, -0.2) is 28.5 Å². The minimum absolute atomic E-state index is 0.0181. The molecule has 214 valence electrons. The van der Waals surface area contributed by atoms with Gasteiger partial charge in [0.25, 0.3) is 0 Å². The molecule has 2 aliphatic rings. The van der Waals surface area contributed by atoms with E-state index in [0.29, 0.717) is 78.1 Å². The van der Waals surface area contributed by atoms with E-state index in [4.69, 9.17) is 18.9 Å². The molecule has 0 unspecified atom stereocenters. The van der Waals surface area contributed by atoms with Crippen molar-refractivity contribution in [2.75, 3.05) is 0 Å². The topological polar surface area (TPSA) is 113 Å². The van der Waals surface area contributed by atoms with Crippen molar-refractivity contribution in [1.29, 1.82) is 0 Å². The van der Waals surface area contributed by atoms with Crippen LogP contribution in [0.25, 0.3) is 30.4 Å². The number of furan rings is 1. The first-order valence-electron chi connectivity index (χ1n) is 14.1. The number of hydrogen-bond acceptors (Lipinski definition) is 10.